The Morgan fingerprint density at radius 3 is 2.00 bits per heavy atom. The summed E-state index contributed by atoms with van der Waals surface area (Å²) in [5, 5.41) is 0. The lowest BCUT2D eigenvalue weighted by Gasteiger charge is -1.99. The Hall–Kier alpha value is -0.0400. The lowest BCUT2D eigenvalue weighted by atomic mass is 10.1. The normalized spacial score (nSPS) is 25.3. The highest BCUT2D eigenvalue weighted by atomic mass is 16.6. The molecule has 1 fully saturated rings. The van der Waals surface area contributed by atoms with Crippen LogP contribution in [0.15, 0.2) is 0 Å². The van der Waals surface area contributed by atoms with Gasteiger partial charge in [-0.1, -0.05) is 58.8 Å². The van der Waals surface area contributed by atoms with Crippen molar-refractivity contribution in [2.75, 3.05) is 0 Å². The minimum Gasteiger partial charge on any atom is -0.370 e. The number of hydrogen-bond donors (Lipinski definition) is 0. The van der Waals surface area contributed by atoms with E-state index in [0.717, 1.165) is 0 Å². The molecule has 0 aromatic heterocycles. The van der Waals surface area contributed by atoms with Gasteiger partial charge >= 0.3 is 0 Å². The van der Waals surface area contributed by atoms with E-state index >= 15 is 0 Å². The fraction of sp³-hybridized carbons (Fsp3) is 1.00. The Bertz CT molecular complexity index is 133. The second kappa shape index (κ2) is 7.28. The summed E-state index contributed by atoms with van der Waals surface area (Å²) in [6.45, 7) is 4.49. The second-order valence-corrected chi connectivity index (χ2v) is 4.53. The average molecular weight is 198 g/mol. The van der Waals surface area contributed by atoms with Crippen molar-refractivity contribution in [2.24, 2.45) is 0 Å². The van der Waals surface area contributed by atoms with E-state index in [1.807, 2.05) is 0 Å². The van der Waals surface area contributed by atoms with Crippen molar-refractivity contribution in [1.82, 2.24) is 0 Å². The van der Waals surface area contributed by atoms with Crippen LogP contribution in [0.1, 0.15) is 71.6 Å². The molecule has 0 aromatic carbocycles. The van der Waals surface area contributed by atoms with Crippen LogP contribution in [0.2, 0.25) is 0 Å². The van der Waals surface area contributed by atoms with Crippen LogP contribution < -0.4 is 0 Å². The Morgan fingerprint density at radius 1 is 0.786 bits per heavy atom. The van der Waals surface area contributed by atoms with Crippen LogP contribution >= 0.6 is 0 Å². The predicted octanol–water partition coefficient (Wildman–Crippen LogP) is 4.30. The van der Waals surface area contributed by atoms with Crippen LogP contribution in [0, 0.1) is 0 Å². The summed E-state index contributed by atoms with van der Waals surface area (Å²) in [7, 11) is 0. The van der Waals surface area contributed by atoms with Crippen molar-refractivity contribution < 1.29 is 4.74 Å². The van der Waals surface area contributed by atoms with Crippen LogP contribution in [0.25, 0.3) is 0 Å². The second-order valence-electron chi connectivity index (χ2n) is 4.53. The van der Waals surface area contributed by atoms with Gasteiger partial charge in [-0.05, 0) is 12.8 Å². The van der Waals surface area contributed by atoms with Gasteiger partial charge in [-0.25, -0.2) is 0 Å². The van der Waals surface area contributed by atoms with Gasteiger partial charge in [0.05, 0.1) is 12.2 Å². The van der Waals surface area contributed by atoms with Gasteiger partial charge in [0.1, 0.15) is 0 Å². The van der Waals surface area contributed by atoms with Crippen LogP contribution in [-0.4, -0.2) is 12.2 Å². The summed E-state index contributed by atoms with van der Waals surface area (Å²) >= 11 is 0. The summed E-state index contributed by atoms with van der Waals surface area (Å²) in [5.41, 5.74) is 0. The van der Waals surface area contributed by atoms with Gasteiger partial charge in [0.2, 0.25) is 0 Å². The first kappa shape index (κ1) is 12.0. The molecule has 2 atom stereocenters. The number of hydrogen-bond acceptors (Lipinski definition) is 1. The molecule has 1 saturated heterocycles. The Morgan fingerprint density at radius 2 is 1.43 bits per heavy atom. The van der Waals surface area contributed by atoms with Crippen LogP contribution in [-0.2, 0) is 4.74 Å². The van der Waals surface area contributed by atoms with Crippen molar-refractivity contribution in [3.63, 3.8) is 0 Å². The molecule has 1 aliphatic heterocycles. The largest absolute Gasteiger partial charge is 0.370 e. The zero-order chi connectivity index (χ0) is 10.2. The Kier molecular flexibility index (Phi) is 6.25. The molecule has 0 aliphatic carbocycles. The smallest absolute Gasteiger partial charge is 0.0841 e. The van der Waals surface area contributed by atoms with Crippen LogP contribution in [0.4, 0.5) is 0 Å². The molecule has 0 aromatic rings. The first-order valence-corrected chi connectivity index (χ1v) is 6.54. The predicted molar refractivity (Wildman–Crippen MR) is 61.6 cm³/mol. The highest BCUT2D eigenvalue weighted by Gasteiger charge is 2.35. The molecule has 14 heavy (non-hydrogen) atoms. The molecule has 0 spiro atoms. The minimum atomic E-state index is 0.620. The van der Waals surface area contributed by atoms with E-state index in [9.17, 15) is 0 Å². The van der Waals surface area contributed by atoms with Gasteiger partial charge in [0, 0.05) is 0 Å². The molecule has 1 nitrogen and oxygen atoms in total. The van der Waals surface area contributed by atoms with Gasteiger partial charge in [0.25, 0.3) is 0 Å². The first-order chi connectivity index (χ1) is 6.88. The average Bonchev–Trinajstić information content (AvgIpc) is 2.95. The molecule has 1 aliphatic rings. The van der Waals surface area contributed by atoms with Gasteiger partial charge in [-0.15, -0.1) is 0 Å². The minimum absolute atomic E-state index is 0.620. The summed E-state index contributed by atoms with van der Waals surface area (Å²) < 4.78 is 5.51. The summed E-state index contributed by atoms with van der Waals surface area (Å²) in [6.07, 6.45) is 13.7. The van der Waals surface area contributed by atoms with Gasteiger partial charge < -0.3 is 4.74 Å². The number of rotatable bonds is 9. The fourth-order valence-electron chi connectivity index (χ4n) is 2.09. The Balaban J connectivity index is 1.73. The molecule has 1 heteroatoms. The molecule has 2 unspecified atom stereocenters. The van der Waals surface area contributed by atoms with Gasteiger partial charge in [0.15, 0.2) is 0 Å². The van der Waals surface area contributed by atoms with E-state index in [1.54, 1.807) is 0 Å². The van der Waals surface area contributed by atoms with Crippen LogP contribution in [0.3, 0.4) is 0 Å². The van der Waals surface area contributed by atoms with E-state index in [2.05, 4.69) is 13.8 Å². The monoisotopic (exact) mass is 198 g/mol. The van der Waals surface area contributed by atoms with Crippen molar-refractivity contribution in [2.45, 2.75) is 83.8 Å². The quantitative estimate of drug-likeness (QED) is 0.397. The maximum Gasteiger partial charge on any atom is 0.0841 e. The highest BCUT2D eigenvalue weighted by molar-refractivity contribution is 4.82. The molecule has 0 N–H and O–H groups in total. The molecule has 84 valence electrons. The Labute approximate surface area is 89.2 Å². The standard InChI is InChI=1S/C13H26O/c1-3-5-6-7-8-9-10-11-13-12(4-2)14-13/h12-13H,3-11H2,1-2H3. The maximum atomic E-state index is 5.51. The summed E-state index contributed by atoms with van der Waals surface area (Å²) in [4.78, 5) is 0. The zero-order valence-corrected chi connectivity index (χ0v) is 9.93. The van der Waals surface area contributed by atoms with Gasteiger partial charge in [-0.2, -0.15) is 0 Å². The number of ether oxygens (including phenoxy) is 1. The molecule has 0 saturated carbocycles. The summed E-state index contributed by atoms with van der Waals surface area (Å²) in [6, 6.07) is 0. The summed E-state index contributed by atoms with van der Waals surface area (Å²) in [5.74, 6) is 0. The van der Waals surface area contributed by atoms with Gasteiger partial charge in [-0.3, -0.25) is 0 Å². The molecule has 1 rings (SSSR count). The molecular formula is C13H26O. The molecule has 1 heterocycles. The zero-order valence-electron chi connectivity index (χ0n) is 9.93. The van der Waals surface area contributed by atoms with Crippen molar-refractivity contribution in [1.29, 1.82) is 0 Å². The third kappa shape index (κ3) is 4.99. The maximum absolute atomic E-state index is 5.51. The lowest BCUT2D eigenvalue weighted by molar-refractivity contribution is 0.355. The molecule has 0 bridgehead atoms. The third-order valence-electron chi connectivity index (χ3n) is 3.18. The SMILES string of the molecule is CCCCCCCCCC1OC1CC. The van der Waals surface area contributed by atoms with E-state index in [4.69, 9.17) is 4.74 Å². The van der Waals surface area contributed by atoms with E-state index in [0.29, 0.717) is 12.2 Å². The van der Waals surface area contributed by atoms with Crippen molar-refractivity contribution >= 4 is 0 Å². The molecular weight excluding hydrogens is 172 g/mol. The number of unbranched alkanes of at least 4 members (excludes halogenated alkanes) is 6. The lowest BCUT2D eigenvalue weighted by Crippen LogP contribution is -1.92. The first-order valence-electron chi connectivity index (χ1n) is 6.54. The fourth-order valence-corrected chi connectivity index (χ4v) is 2.09. The van der Waals surface area contributed by atoms with Crippen molar-refractivity contribution in [3.05, 3.63) is 0 Å². The topological polar surface area (TPSA) is 12.5 Å². The third-order valence-corrected chi connectivity index (χ3v) is 3.18. The molecule has 0 amide bonds. The van der Waals surface area contributed by atoms with E-state index in [-0.39, 0.29) is 0 Å². The van der Waals surface area contributed by atoms with Crippen molar-refractivity contribution in [3.8, 4) is 0 Å². The van der Waals surface area contributed by atoms with Crippen LogP contribution in [0.5, 0.6) is 0 Å². The van der Waals surface area contributed by atoms with E-state index in [1.165, 1.54) is 57.8 Å². The number of epoxide rings is 1. The highest BCUT2D eigenvalue weighted by Crippen LogP contribution is 2.29. The van der Waals surface area contributed by atoms with E-state index < -0.39 is 0 Å². The molecule has 0 radical (unpaired) electrons.